The summed E-state index contributed by atoms with van der Waals surface area (Å²) in [5.41, 5.74) is 1.81. The molecule has 4 aromatic heterocycles. The second kappa shape index (κ2) is 6.31. The molecule has 4 heterocycles. The summed E-state index contributed by atoms with van der Waals surface area (Å²) >= 11 is 0. The Morgan fingerprint density at radius 3 is 2.75 bits per heavy atom. The summed E-state index contributed by atoms with van der Waals surface area (Å²) < 4.78 is 3.54. The number of aromatic nitrogens is 7. The van der Waals surface area contributed by atoms with Crippen LogP contribution in [-0.2, 0) is 0 Å². The molecule has 0 bridgehead atoms. The van der Waals surface area contributed by atoms with Gasteiger partial charge in [0.25, 0.3) is 5.56 Å². The predicted molar refractivity (Wildman–Crippen MR) is 105 cm³/mol. The molecule has 1 unspecified atom stereocenters. The van der Waals surface area contributed by atoms with E-state index in [9.17, 15) is 4.79 Å². The van der Waals surface area contributed by atoms with Crippen LogP contribution in [0.2, 0.25) is 0 Å². The zero-order chi connectivity index (χ0) is 19.1. The summed E-state index contributed by atoms with van der Waals surface area (Å²) in [5, 5.41) is 16.4. The second-order valence-corrected chi connectivity index (χ2v) is 6.40. The molecule has 138 valence electrons. The van der Waals surface area contributed by atoms with Gasteiger partial charge >= 0.3 is 0 Å². The molecular formula is C19H16N8O. The van der Waals surface area contributed by atoms with Crippen molar-refractivity contribution in [2.24, 2.45) is 0 Å². The maximum Gasteiger partial charge on any atom is 0.263 e. The van der Waals surface area contributed by atoms with Crippen LogP contribution in [0.3, 0.4) is 0 Å². The van der Waals surface area contributed by atoms with Crippen molar-refractivity contribution in [3.8, 4) is 5.69 Å². The van der Waals surface area contributed by atoms with Crippen LogP contribution in [0.1, 0.15) is 18.8 Å². The molecule has 1 aromatic carbocycles. The summed E-state index contributed by atoms with van der Waals surface area (Å²) in [6.45, 7) is 1.93. The lowest BCUT2D eigenvalue weighted by atomic mass is 10.3. The normalized spacial score (nSPS) is 12.5. The number of hydrogen-bond acceptors (Lipinski definition) is 6. The molecule has 9 heteroatoms. The second-order valence-electron chi connectivity index (χ2n) is 6.40. The fourth-order valence-electron chi connectivity index (χ4n) is 3.17. The molecule has 0 amide bonds. The van der Waals surface area contributed by atoms with Crippen LogP contribution < -0.4 is 10.9 Å². The lowest BCUT2D eigenvalue weighted by Gasteiger charge is -2.13. The predicted octanol–water partition coefficient (Wildman–Crippen LogP) is 2.32. The monoisotopic (exact) mass is 372 g/mol. The van der Waals surface area contributed by atoms with E-state index in [2.05, 4.69) is 30.6 Å². The Hall–Kier alpha value is -4.01. The molecule has 0 aliphatic carbocycles. The fourth-order valence-corrected chi connectivity index (χ4v) is 3.17. The average molecular weight is 372 g/mol. The molecule has 0 saturated heterocycles. The minimum absolute atomic E-state index is 0.230. The number of benzene rings is 1. The zero-order valence-corrected chi connectivity index (χ0v) is 14.9. The highest BCUT2D eigenvalue weighted by molar-refractivity contribution is 5.76. The Balaban J connectivity index is 1.55. The van der Waals surface area contributed by atoms with Gasteiger partial charge in [-0.1, -0.05) is 24.3 Å². The summed E-state index contributed by atoms with van der Waals surface area (Å²) in [6, 6.07) is 15.0. The van der Waals surface area contributed by atoms with Crippen LogP contribution in [-0.4, -0.2) is 34.3 Å². The van der Waals surface area contributed by atoms with Crippen molar-refractivity contribution in [3.05, 3.63) is 77.1 Å². The number of nitrogens with zero attached hydrogens (tertiary/aromatic N) is 6. The van der Waals surface area contributed by atoms with E-state index in [0.29, 0.717) is 17.0 Å². The first-order valence-electron chi connectivity index (χ1n) is 8.80. The summed E-state index contributed by atoms with van der Waals surface area (Å²) in [4.78, 5) is 19.8. The molecule has 1 atom stereocenters. The van der Waals surface area contributed by atoms with Gasteiger partial charge in [-0.25, -0.2) is 4.68 Å². The molecule has 0 radical (unpaired) electrons. The van der Waals surface area contributed by atoms with Crippen LogP contribution in [0.5, 0.6) is 0 Å². The van der Waals surface area contributed by atoms with E-state index < -0.39 is 0 Å². The Morgan fingerprint density at radius 1 is 1.07 bits per heavy atom. The third kappa shape index (κ3) is 2.60. The average Bonchev–Trinajstić information content (AvgIpc) is 3.33. The Labute approximate surface area is 158 Å². The highest BCUT2D eigenvalue weighted by Crippen LogP contribution is 2.18. The number of pyridine rings is 1. The van der Waals surface area contributed by atoms with Gasteiger partial charge in [-0.3, -0.25) is 14.2 Å². The molecule has 0 saturated carbocycles. The van der Waals surface area contributed by atoms with Crippen LogP contribution in [0, 0.1) is 0 Å². The van der Waals surface area contributed by atoms with Gasteiger partial charge in [0.15, 0.2) is 17.1 Å². The van der Waals surface area contributed by atoms with E-state index in [1.807, 2.05) is 66.1 Å². The first-order valence-corrected chi connectivity index (χ1v) is 8.80. The van der Waals surface area contributed by atoms with E-state index in [0.717, 1.165) is 17.2 Å². The van der Waals surface area contributed by atoms with Gasteiger partial charge in [0.2, 0.25) is 5.95 Å². The van der Waals surface area contributed by atoms with E-state index in [1.54, 1.807) is 4.68 Å². The number of nitrogens with one attached hydrogen (secondary N) is 2. The Bertz CT molecular complexity index is 1330. The van der Waals surface area contributed by atoms with Gasteiger partial charge in [0, 0.05) is 6.20 Å². The van der Waals surface area contributed by atoms with Crippen molar-refractivity contribution in [2.75, 3.05) is 5.32 Å². The van der Waals surface area contributed by atoms with Crippen LogP contribution in [0.25, 0.3) is 22.4 Å². The number of H-pyrrole nitrogens is 1. The fraction of sp³-hybridized carbons (Fsp3) is 0.105. The number of fused-ring (bicyclic) bond motifs is 2. The maximum absolute atomic E-state index is 12.5. The highest BCUT2D eigenvalue weighted by atomic mass is 16.1. The highest BCUT2D eigenvalue weighted by Gasteiger charge is 2.16. The largest absolute Gasteiger partial charge is 0.346 e. The number of hydrogen-bond donors (Lipinski definition) is 2. The molecule has 0 aliphatic rings. The molecule has 5 aromatic rings. The van der Waals surface area contributed by atoms with Crippen LogP contribution in [0.15, 0.2) is 65.7 Å². The molecule has 0 spiro atoms. The summed E-state index contributed by atoms with van der Waals surface area (Å²) in [6.07, 6.45) is 3.42. The first-order chi connectivity index (χ1) is 13.7. The lowest BCUT2D eigenvalue weighted by Crippen LogP contribution is -2.17. The van der Waals surface area contributed by atoms with E-state index in [4.69, 9.17) is 0 Å². The van der Waals surface area contributed by atoms with Crippen molar-refractivity contribution in [1.82, 2.24) is 34.3 Å². The van der Waals surface area contributed by atoms with E-state index in [1.165, 1.54) is 6.20 Å². The SMILES string of the molecule is CC(Nc1nc2c(cnn2-c2ccccc2)c(=O)[nH]1)c1nnc2ccccn12. The smallest absolute Gasteiger partial charge is 0.263 e. The third-order valence-electron chi connectivity index (χ3n) is 4.52. The van der Waals surface area contributed by atoms with Gasteiger partial charge in [-0.2, -0.15) is 10.1 Å². The molecule has 0 fully saturated rings. The van der Waals surface area contributed by atoms with Crippen molar-refractivity contribution >= 4 is 22.6 Å². The van der Waals surface area contributed by atoms with Gasteiger partial charge < -0.3 is 5.32 Å². The first kappa shape index (κ1) is 16.2. The van der Waals surface area contributed by atoms with Crippen LogP contribution in [0.4, 0.5) is 5.95 Å². The molecular weight excluding hydrogens is 356 g/mol. The van der Waals surface area contributed by atoms with Gasteiger partial charge in [0.05, 0.1) is 17.9 Å². The number of anilines is 1. The standard InChI is InChI=1S/C19H16N8O/c1-12(16-25-24-15-9-5-6-10-26(15)16)21-19-22-17-14(18(28)23-19)11-20-27(17)13-7-3-2-4-8-13/h2-12H,1H3,(H2,21,22,23,28). The van der Waals surface area contributed by atoms with Gasteiger partial charge in [0.1, 0.15) is 5.39 Å². The zero-order valence-electron chi connectivity index (χ0n) is 14.9. The van der Waals surface area contributed by atoms with E-state index in [-0.39, 0.29) is 11.6 Å². The number of para-hydroxylation sites is 1. The minimum atomic E-state index is -0.256. The number of aromatic amines is 1. The minimum Gasteiger partial charge on any atom is -0.346 e. The summed E-state index contributed by atoms with van der Waals surface area (Å²) in [7, 11) is 0. The van der Waals surface area contributed by atoms with Crippen LogP contribution >= 0.6 is 0 Å². The molecule has 28 heavy (non-hydrogen) atoms. The van der Waals surface area contributed by atoms with Gasteiger partial charge in [-0.15, -0.1) is 10.2 Å². The Kier molecular flexibility index (Phi) is 3.64. The molecule has 2 N–H and O–H groups in total. The van der Waals surface area contributed by atoms with Crippen molar-refractivity contribution < 1.29 is 0 Å². The maximum atomic E-state index is 12.5. The molecule has 9 nitrogen and oxygen atoms in total. The topological polar surface area (TPSA) is 106 Å². The molecule has 5 rings (SSSR count). The lowest BCUT2D eigenvalue weighted by molar-refractivity contribution is 0.761. The summed E-state index contributed by atoms with van der Waals surface area (Å²) in [5.74, 6) is 1.06. The third-order valence-corrected chi connectivity index (χ3v) is 4.52. The van der Waals surface area contributed by atoms with Crippen molar-refractivity contribution in [2.45, 2.75) is 13.0 Å². The van der Waals surface area contributed by atoms with Crippen molar-refractivity contribution in [1.29, 1.82) is 0 Å². The molecule has 0 aliphatic heterocycles. The quantitative estimate of drug-likeness (QED) is 0.502. The van der Waals surface area contributed by atoms with Crippen molar-refractivity contribution in [3.63, 3.8) is 0 Å². The van der Waals surface area contributed by atoms with Gasteiger partial charge in [-0.05, 0) is 31.2 Å². The number of rotatable bonds is 4. The Morgan fingerprint density at radius 2 is 1.89 bits per heavy atom. The van der Waals surface area contributed by atoms with E-state index >= 15 is 0 Å².